The fourth-order valence-corrected chi connectivity index (χ4v) is 1.81. The lowest BCUT2D eigenvalue weighted by atomic mass is 10.3. The zero-order valence-corrected chi connectivity index (χ0v) is 9.75. The lowest BCUT2D eigenvalue weighted by Gasteiger charge is -1.98. The molecule has 2 rings (SSSR count). The minimum atomic E-state index is -0.957. The minimum Gasteiger partial charge on any atom is -0.478 e. The van der Waals surface area contributed by atoms with Crippen LogP contribution < -0.4 is 0 Å². The molecule has 1 aromatic heterocycles. The molecule has 0 fully saturated rings. The molecule has 0 spiro atoms. The van der Waals surface area contributed by atoms with Crippen LogP contribution in [0.5, 0.6) is 0 Å². The van der Waals surface area contributed by atoms with Crippen molar-refractivity contribution in [2.45, 2.75) is 0 Å². The molecule has 1 heterocycles. The van der Waals surface area contributed by atoms with Crippen molar-refractivity contribution in [1.29, 1.82) is 0 Å². The molecule has 1 N–H and O–H groups in total. The number of aromatic carboxylic acids is 1. The van der Waals surface area contributed by atoms with Gasteiger partial charge in [0.25, 0.3) is 0 Å². The molecule has 0 aliphatic rings. The molecule has 4 nitrogen and oxygen atoms in total. The number of carboxylic acids is 1. The summed E-state index contributed by atoms with van der Waals surface area (Å²) in [6.07, 6.45) is 1.51. The first-order chi connectivity index (χ1) is 7.18. The molecule has 76 valence electrons. The van der Waals surface area contributed by atoms with Crippen molar-refractivity contribution >= 4 is 28.6 Å². The van der Waals surface area contributed by atoms with E-state index in [1.807, 2.05) is 52.9 Å². The van der Waals surface area contributed by atoms with Crippen LogP contribution in [-0.2, 0) is 0 Å². The Balaban J connectivity index is 2.48. The number of halogens is 1. The van der Waals surface area contributed by atoms with E-state index in [0.29, 0.717) is 3.70 Å². The van der Waals surface area contributed by atoms with Gasteiger partial charge in [0.1, 0.15) is 9.26 Å². The summed E-state index contributed by atoms with van der Waals surface area (Å²) < 4.78 is 2.05. The second-order valence-corrected chi connectivity index (χ2v) is 3.94. The van der Waals surface area contributed by atoms with Crippen molar-refractivity contribution in [3.63, 3.8) is 0 Å². The van der Waals surface area contributed by atoms with E-state index < -0.39 is 5.97 Å². The van der Waals surface area contributed by atoms with Crippen molar-refractivity contribution in [3.05, 3.63) is 45.8 Å². The zero-order valence-electron chi connectivity index (χ0n) is 7.59. The quantitative estimate of drug-likeness (QED) is 0.865. The zero-order chi connectivity index (χ0) is 10.8. The topological polar surface area (TPSA) is 55.1 Å². The lowest BCUT2D eigenvalue weighted by molar-refractivity contribution is 0.0696. The van der Waals surface area contributed by atoms with E-state index >= 15 is 0 Å². The molecular weight excluding hydrogens is 307 g/mol. The Morgan fingerprint density at radius 1 is 1.33 bits per heavy atom. The van der Waals surface area contributed by atoms with Crippen molar-refractivity contribution in [2.75, 3.05) is 0 Å². The Morgan fingerprint density at radius 3 is 2.53 bits per heavy atom. The Bertz CT molecular complexity index is 493. The van der Waals surface area contributed by atoms with Gasteiger partial charge in [-0.3, -0.25) is 0 Å². The molecule has 0 atom stereocenters. The molecule has 15 heavy (non-hydrogen) atoms. The molecule has 0 aliphatic carbocycles. The number of carboxylic acid groups (broad SMARTS) is 1. The van der Waals surface area contributed by atoms with Crippen molar-refractivity contribution in [1.82, 2.24) is 9.78 Å². The monoisotopic (exact) mass is 314 g/mol. The highest BCUT2D eigenvalue weighted by molar-refractivity contribution is 14.1. The summed E-state index contributed by atoms with van der Waals surface area (Å²) in [6, 6.07) is 9.40. The third-order valence-electron chi connectivity index (χ3n) is 1.92. The second-order valence-electron chi connectivity index (χ2n) is 2.92. The molecule has 5 heteroatoms. The number of rotatable bonds is 2. The largest absolute Gasteiger partial charge is 0.478 e. The van der Waals surface area contributed by atoms with E-state index in [4.69, 9.17) is 5.11 Å². The molecular formula is C10H7IN2O2. The summed E-state index contributed by atoms with van der Waals surface area (Å²) >= 11 is 1.91. The van der Waals surface area contributed by atoms with E-state index in [1.54, 1.807) is 4.68 Å². The SMILES string of the molecule is O=C(O)c1cn(-c2ccccc2)nc1I. The summed E-state index contributed by atoms with van der Waals surface area (Å²) in [5.74, 6) is -0.957. The fraction of sp³-hybridized carbons (Fsp3) is 0. The highest BCUT2D eigenvalue weighted by Crippen LogP contribution is 2.13. The van der Waals surface area contributed by atoms with Gasteiger partial charge in [-0.1, -0.05) is 18.2 Å². The van der Waals surface area contributed by atoms with Crippen LogP contribution in [0.2, 0.25) is 0 Å². The van der Waals surface area contributed by atoms with Gasteiger partial charge in [0.2, 0.25) is 0 Å². The molecule has 0 aliphatic heterocycles. The molecule has 0 saturated heterocycles. The van der Waals surface area contributed by atoms with E-state index in [1.165, 1.54) is 6.20 Å². The fourth-order valence-electron chi connectivity index (χ4n) is 1.21. The third-order valence-corrected chi connectivity index (χ3v) is 2.72. The molecule has 0 saturated carbocycles. The number of aromatic nitrogens is 2. The van der Waals surface area contributed by atoms with Gasteiger partial charge >= 0.3 is 5.97 Å². The average molecular weight is 314 g/mol. The Morgan fingerprint density at radius 2 is 2.00 bits per heavy atom. The molecule has 0 radical (unpaired) electrons. The highest BCUT2D eigenvalue weighted by Gasteiger charge is 2.13. The van der Waals surface area contributed by atoms with Gasteiger partial charge in [0.05, 0.1) is 5.69 Å². The first-order valence-electron chi connectivity index (χ1n) is 4.22. The second kappa shape index (κ2) is 4.01. The predicted octanol–water partition coefficient (Wildman–Crippen LogP) is 2.18. The van der Waals surface area contributed by atoms with Crippen LogP contribution in [0, 0.1) is 3.70 Å². The molecule has 2 aromatic rings. The Labute approximate surface area is 99.7 Å². The predicted molar refractivity (Wildman–Crippen MR) is 63.2 cm³/mol. The van der Waals surface area contributed by atoms with Gasteiger partial charge in [0, 0.05) is 6.20 Å². The number of para-hydroxylation sites is 1. The van der Waals surface area contributed by atoms with Gasteiger partial charge in [-0.05, 0) is 34.7 Å². The number of hydrogen-bond donors (Lipinski definition) is 1. The molecule has 1 aromatic carbocycles. The summed E-state index contributed by atoms with van der Waals surface area (Å²) in [5.41, 5.74) is 1.07. The lowest BCUT2D eigenvalue weighted by Crippen LogP contribution is -1.95. The number of nitrogens with zero attached hydrogens (tertiary/aromatic N) is 2. The van der Waals surface area contributed by atoms with Crippen LogP contribution in [0.25, 0.3) is 5.69 Å². The van der Waals surface area contributed by atoms with Crippen molar-refractivity contribution in [3.8, 4) is 5.69 Å². The first kappa shape index (κ1) is 10.2. The van der Waals surface area contributed by atoms with Crippen LogP contribution in [0.3, 0.4) is 0 Å². The van der Waals surface area contributed by atoms with Gasteiger partial charge in [0.15, 0.2) is 0 Å². The van der Waals surface area contributed by atoms with Crippen LogP contribution in [-0.4, -0.2) is 20.9 Å². The third kappa shape index (κ3) is 2.01. The maximum Gasteiger partial charge on any atom is 0.340 e. The smallest absolute Gasteiger partial charge is 0.340 e. The Kier molecular flexibility index (Phi) is 2.72. The van der Waals surface area contributed by atoms with Crippen molar-refractivity contribution < 1.29 is 9.90 Å². The molecule has 0 amide bonds. The van der Waals surface area contributed by atoms with E-state index in [9.17, 15) is 4.79 Å². The number of benzene rings is 1. The number of carbonyl (C=O) groups is 1. The van der Waals surface area contributed by atoms with Crippen molar-refractivity contribution in [2.24, 2.45) is 0 Å². The van der Waals surface area contributed by atoms with Gasteiger partial charge in [-0.25, -0.2) is 9.48 Å². The maximum atomic E-state index is 10.8. The summed E-state index contributed by atoms with van der Waals surface area (Å²) in [5, 5.41) is 13.0. The van der Waals surface area contributed by atoms with E-state index in [2.05, 4.69) is 5.10 Å². The summed E-state index contributed by atoms with van der Waals surface area (Å²) in [6.45, 7) is 0. The summed E-state index contributed by atoms with van der Waals surface area (Å²) in [4.78, 5) is 10.8. The molecule has 0 unspecified atom stereocenters. The first-order valence-corrected chi connectivity index (χ1v) is 5.30. The molecule has 0 bridgehead atoms. The Hall–Kier alpha value is -1.37. The van der Waals surface area contributed by atoms with Gasteiger partial charge < -0.3 is 5.11 Å². The average Bonchev–Trinajstić information content (AvgIpc) is 2.62. The highest BCUT2D eigenvalue weighted by atomic mass is 127. The van der Waals surface area contributed by atoms with Gasteiger partial charge in [-0.15, -0.1) is 0 Å². The van der Waals surface area contributed by atoms with Crippen LogP contribution in [0.4, 0.5) is 0 Å². The van der Waals surface area contributed by atoms with Crippen LogP contribution >= 0.6 is 22.6 Å². The van der Waals surface area contributed by atoms with Crippen LogP contribution in [0.15, 0.2) is 36.5 Å². The van der Waals surface area contributed by atoms with E-state index in [0.717, 1.165) is 5.69 Å². The summed E-state index contributed by atoms with van der Waals surface area (Å²) in [7, 11) is 0. The maximum absolute atomic E-state index is 10.8. The van der Waals surface area contributed by atoms with Gasteiger partial charge in [-0.2, -0.15) is 5.10 Å². The van der Waals surface area contributed by atoms with E-state index in [-0.39, 0.29) is 5.56 Å². The number of hydrogen-bond acceptors (Lipinski definition) is 2. The normalized spacial score (nSPS) is 10.2. The van der Waals surface area contributed by atoms with Crippen LogP contribution in [0.1, 0.15) is 10.4 Å². The standard InChI is InChI=1S/C10H7IN2O2/c11-9-8(10(14)15)6-13(12-9)7-4-2-1-3-5-7/h1-6H,(H,14,15). The minimum absolute atomic E-state index is 0.222.